The standard InChI is InChI=1S/C26H37N5O2/c1-4-6-8-9-10-12-16-30-22(27)20(25(32)28-15-11-7-5-2)18-21-24(30)29-23-19(3)14-13-17-31(23)26(21)33/h13-14,17-18,27H,4-12,15-16H2,1-3H3,(H,28,32). The van der Waals surface area contributed by atoms with Crippen molar-refractivity contribution in [3.05, 3.63) is 51.4 Å². The highest BCUT2D eigenvalue weighted by molar-refractivity contribution is 5.96. The summed E-state index contributed by atoms with van der Waals surface area (Å²) < 4.78 is 3.28. The predicted molar refractivity (Wildman–Crippen MR) is 133 cm³/mol. The van der Waals surface area contributed by atoms with Crippen LogP contribution in [0.1, 0.15) is 87.6 Å². The molecule has 0 atom stereocenters. The topological polar surface area (TPSA) is 92.2 Å². The van der Waals surface area contributed by atoms with E-state index in [0.717, 1.165) is 44.1 Å². The van der Waals surface area contributed by atoms with Crippen LogP contribution in [0.4, 0.5) is 0 Å². The van der Waals surface area contributed by atoms with Crippen molar-refractivity contribution >= 4 is 22.6 Å². The van der Waals surface area contributed by atoms with Gasteiger partial charge in [0.15, 0.2) is 0 Å². The first-order chi connectivity index (χ1) is 16.0. The summed E-state index contributed by atoms with van der Waals surface area (Å²) in [6.07, 6.45) is 11.4. The number of aryl methyl sites for hydroxylation is 2. The van der Waals surface area contributed by atoms with Crippen LogP contribution in [0.5, 0.6) is 0 Å². The first kappa shape index (κ1) is 24.7. The molecular formula is C26H37N5O2. The maximum absolute atomic E-state index is 13.3. The number of nitrogens with one attached hydrogen (secondary N) is 2. The second-order valence-corrected chi connectivity index (χ2v) is 8.83. The summed E-state index contributed by atoms with van der Waals surface area (Å²) in [5.41, 5.74) is 2.10. The largest absolute Gasteiger partial charge is 0.352 e. The van der Waals surface area contributed by atoms with E-state index >= 15 is 0 Å². The van der Waals surface area contributed by atoms with Gasteiger partial charge in [0.25, 0.3) is 11.5 Å². The zero-order valence-electron chi connectivity index (χ0n) is 20.2. The maximum atomic E-state index is 13.3. The molecule has 0 saturated carbocycles. The molecule has 178 valence electrons. The van der Waals surface area contributed by atoms with Crippen molar-refractivity contribution in [3.8, 4) is 0 Å². The SMILES string of the molecule is CCCCCCCCn1c(=N)c(C(=O)NCCCCC)cc2c(=O)n3cccc(C)c3nc21. The number of hydrogen-bond acceptors (Lipinski definition) is 4. The molecule has 0 spiro atoms. The number of rotatable bonds is 12. The van der Waals surface area contributed by atoms with Gasteiger partial charge in [-0.15, -0.1) is 0 Å². The predicted octanol–water partition coefficient (Wildman–Crippen LogP) is 4.72. The fourth-order valence-electron chi connectivity index (χ4n) is 4.21. The van der Waals surface area contributed by atoms with E-state index < -0.39 is 0 Å². The van der Waals surface area contributed by atoms with Crippen LogP contribution >= 0.6 is 0 Å². The number of hydrogen-bond donors (Lipinski definition) is 2. The molecule has 3 aromatic rings. The quantitative estimate of drug-likeness (QED) is 0.308. The van der Waals surface area contributed by atoms with E-state index in [2.05, 4.69) is 19.2 Å². The van der Waals surface area contributed by atoms with Gasteiger partial charge in [0.1, 0.15) is 16.8 Å². The normalized spacial score (nSPS) is 11.4. The fraction of sp³-hybridized carbons (Fsp3) is 0.538. The number of unbranched alkanes of at least 4 members (excludes halogenated alkanes) is 7. The van der Waals surface area contributed by atoms with Gasteiger partial charge < -0.3 is 9.88 Å². The van der Waals surface area contributed by atoms with Crippen molar-refractivity contribution in [1.82, 2.24) is 19.3 Å². The van der Waals surface area contributed by atoms with E-state index in [-0.39, 0.29) is 22.5 Å². The van der Waals surface area contributed by atoms with E-state index in [1.165, 1.54) is 23.7 Å². The van der Waals surface area contributed by atoms with Crippen molar-refractivity contribution in [1.29, 1.82) is 5.41 Å². The Morgan fingerprint density at radius 2 is 1.73 bits per heavy atom. The highest BCUT2D eigenvalue weighted by atomic mass is 16.1. The Morgan fingerprint density at radius 1 is 1.03 bits per heavy atom. The van der Waals surface area contributed by atoms with Gasteiger partial charge in [0, 0.05) is 19.3 Å². The number of pyridine rings is 2. The van der Waals surface area contributed by atoms with Crippen molar-refractivity contribution in [2.75, 3.05) is 6.54 Å². The fourth-order valence-corrected chi connectivity index (χ4v) is 4.21. The molecule has 3 aromatic heterocycles. The van der Waals surface area contributed by atoms with E-state index in [1.54, 1.807) is 16.8 Å². The number of nitrogens with zero attached hydrogens (tertiary/aromatic N) is 3. The Hall–Kier alpha value is -2.96. The molecule has 3 heterocycles. The van der Waals surface area contributed by atoms with Crippen LogP contribution in [0.15, 0.2) is 29.2 Å². The Kier molecular flexibility index (Phi) is 8.80. The monoisotopic (exact) mass is 451 g/mol. The zero-order valence-corrected chi connectivity index (χ0v) is 20.2. The van der Waals surface area contributed by atoms with Crippen molar-refractivity contribution < 1.29 is 4.79 Å². The molecule has 0 fully saturated rings. The molecule has 33 heavy (non-hydrogen) atoms. The minimum absolute atomic E-state index is 0.119. The van der Waals surface area contributed by atoms with Gasteiger partial charge in [-0.3, -0.25) is 19.4 Å². The lowest BCUT2D eigenvalue weighted by Gasteiger charge is -2.15. The summed E-state index contributed by atoms with van der Waals surface area (Å²) >= 11 is 0. The molecule has 0 unspecified atom stereocenters. The van der Waals surface area contributed by atoms with Crippen LogP contribution in [0.3, 0.4) is 0 Å². The molecule has 3 rings (SSSR count). The summed E-state index contributed by atoms with van der Waals surface area (Å²) in [7, 11) is 0. The highest BCUT2D eigenvalue weighted by Crippen LogP contribution is 2.14. The van der Waals surface area contributed by atoms with Crippen LogP contribution < -0.4 is 16.4 Å². The number of aromatic nitrogens is 3. The average Bonchev–Trinajstić information content (AvgIpc) is 2.81. The number of carbonyl (C=O) groups is 1. The summed E-state index contributed by atoms with van der Waals surface area (Å²) in [5.74, 6) is -0.302. The third-order valence-electron chi connectivity index (χ3n) is 6.18. The summed E-state index contributed by atoms with van der Waals surface area (Å²) in [5, 5.41) is 12.1. The maximum Gasteiger partial charge on any atom is 0.267 e. The first-order valence-electron chi connectivity index (χ1n) is 12.4. The highest BCUT2D eigenvalue weighted by Gasteiger charge is 2.17. The van der Waals surface area contributed by atoms with E-state index in [9.17, 15) is 9.59 Å². The second kappa shape index (κ2) is 11.8. The summed E-state index contributed by atoms with van der Waals surface area (Å²) in [6.45, 7) is 7.36. The van der Waals surface area contributed by atoms with E-state index in [0.29, 0.717) is 29.8 Å². The Morgan fingerprint density at radius 3 is 2.48 bits per heavy atom. The molecule has 0 radical (unpaired) electrons. The minimum atomic E-state index is -0.302. The molecule has 2 N–H and O–H groups in total. The molecule has 0 aromatic carbocycles. The lowest BCUT2D eigenvalue weighted by Crippen LogP contribution is -2.35. The number of fused-ring (bicyclic) bond motifs is 2. The Bertz CT molecular complexity index is 1230. The number of carbonyl (C=O) groups excluding carboxylic acids is 1. The third kappa shape index (κ3) is 5.70. The van der Waals surface area contributed by atoms with E-state index in [4.69, 9.17) is 10.4 Å². The molecule has 0 aliphatic heterocycles. The lowest BCUT2D eigenvalue weighted by atomic mass is 10.1. The molecule has 0 bridgehead atoms. The second-order valence-electron chi connectivity index (χ2n) is 8.83. The van der Waals surface area contributed by atoms with Gasteiger partial charge in [-0.2, -0.15) is 0 Å². The summed E-state index contributed by atoms with van der Waals surface area (Å²) in [6, 6.07) is 5.29. The Labute approximate surface area is 195 Å². The minimum Gasteiger partial charge on any atom is -0.352 e. The average molecular weight is 452 g/mol. The summed E-state index contributed by atoms with van der Waals surface area (Å²) in [4.78, 5) is 31.1. The van der Waals surface area contributed by atoms with Crippen LogP contribution in [-0.4, -0.2) is 26.4 Å². The van der Waals surface area contributed by atoms with Gasteiger partial charge in [0.2, 0.25) is 0 Å². The van der Waals surface area contributed by atoms with Crippen molar-refractivity contribution in [2.24, 2.45) is 0 Å². The van der Waals surface area contributed by atoms with Gasteiger partial charge >= 0.3 is 0 Å². The van der Waals surface area contributed by atoms with Crippen LogP contribution in [0.25, 0.3) is 16.7 Å². The van der Waals surface area contributed by atoms with Gasteiger partial charge in [-0.1, -0.05) is 64.9 Å². The van der Waals surface area contributed by atoms with Crippen LogP contribution in [0.2, 0.25) is 0 Å². The first-order valence-corrected chi connectivity index (χ1v) is 12.4. The molecule has 7 heteroatoms. The van der Waals surface area contributed by atoms with Crippen LogP contribution in [-0.2, 0) is 6.54 Å². The van der Waals surface area contributed by atoms with Gasteiger partial charge in [-0.25, -0.2) is 4.98 Å². The van der Waals surface area contributed by atoms with Crippen LogP contribution in [0, 0.1) is 12.3 Å². The number of amides is 1. The molecule has 0 aliphatic rings. The smallest absolute Gasteiger partial charge is 0.267 e. The van der Waals surface area contributed by atoms with Crippen molar-refractivity contribution in [3.63, 3.8) is 0 Å². The zero-order chi connectivity index (χ0) is 23.8. The lowest BCUT2D eigenvalue weighted by molar-refractivity contribution is 0.0950. The molecule has 0 aliphatic carbocycles. The van der Waals surface area contributed by atoms with E-state index in [1.807, 2.05) is 19.1 Å². The van der Waals surface area contributed by atoms with Gasteiger partial charge in [-0.05, 0) is 37.5 Å². The third-order valence-corrected chi connectivity index (χ3v) is 6.18. The van der Waals surface area contributed by atoms with Crippen molar-refractivity contribution in [2.45, 2.75) is 85.1 Å². The molecular weight excluding hydrogens is 414 g/mol. The molecule has 1 amide bonds. The molecule has 0 saturated heterocycles. The molecule has 7 nitrogen and oxygen atoms in total. The Balaban J connectivity index is 2.04. The van der Waals surface area contributed by atoms with Gasteiger partial charge in [0.05, 0.1) is 10.9 Å².